The molecule has 1 amide bonds. The largest absolute Gasteiger partial charge is 0.349 e. The zero-order chi connectivity index (χ0) is 14.4. The molecule has 1 aromatic rings. The van der Waals surface area contributed by atoms with E-state index in [1.54, 1.807) is 6.20 Å². The minimum atomic E-state index is -0.167. The molecular weight excluding hydrogens is 240 g/mol. The summed E-state index contributed by atoms with van der Waals surface area (Å²) in [6, 6.07) is 0.937. The van der Waals surface area contributed by atoms with Gasteiger partial charge in [-0.25, -0.2) is 4.98 Å². The standard InChI is InChI=1S/C14H24N4O/c1-10(2)18(11(3)4)7-6-15-14(19)13-9-16-12(5)8-17-13/h8-11H,6-7H2,1-5H3,(H,15,19). The van der Waals surface area contributed by atoms with Crippen molar-refractivity contribution in [1.29, 1.82) is 0 Å². The highest BCUT2D eigenvalue weighted by Crippen LogP contribution is 2.03. The topological polar surface area (TPSA) is 58.1 Å². The van der Waals surface area contributed by atoms with E-state index in [0.29, 0.717) is 24.3 Å². The first-order valence-corrected chi connectivity index (χ1v) is 6.74. The van der Waals surface area contributed by atoms with Crippen molar-refractivity contribution in [1.82, 2.24) is 20.2 Å². The van der Waals surface area contributed by atoms with Crippen LogP contribution in [0.1, 0.15) is 43.9 Å². The molecule has 1 aromatic heterocycles. The molecule has 0 atom stereocenters. The molecule has 0 saturated carbocycles. The Labute approximate surface area is 115 Å². The molecule has 0 spiro atoms. The smallest absolute Gasteiger partial charge is 0.271 e. The van der Waals surface area contributed by atoms with Gasteiger partial charge in [0.1, 0.15) is 5.69 Å². The van der Waals surface area contributed by atoms with E-state index in [-0.39, 0.29) is 5.91 Å². The van der Waals surface area contributed by atoms with Crippen LogP contribution in [0.3, 0.4) is 0 Å². The lowest BCUT2D eigenvalue weighted by molar-refractivity contribution is 0.0934. The van der Waals surface area contributed by atoms with E-state index in [2.05, 4.69) is 47.9 Å². The van der Waals surface area contributed by atoms with E-state index >= 15 is 0 Å². The summed E-state index contributed by atoms with van der Waals surface area (Å²) < 4.78 is 0. The summed E-state index contributed by atoms with van der Waals surface area (Å²) in [5, 5.41) is 2.88. The molecule has 106 valence electrons. The maximum Gasteiger partial charge on any atom is 0.271 e. The summed E-state index contributed by atoms with van der Waals surface area (Å²) in [6.45, 7) is 11.9. The normalized spacial score (nSPS) is 11.4. The van der Waals surface area contributed by atoms with Gasteiger partial charge in [0.2, 0.25) is 0 Å². The Morgan fingerprint density at radius 2 is 1.84 bits per heavy atom. The van der Waals surface area contributed by atoms with Gasteiger partial charge in [-0.05, 0) is 34.6 Å². The molecule has 0 aliphatic carbocycles. The van der Waals surface area contributed by atoms with Crippen molar-refractivity contribution in [2.75, 3.05) is 13.1 Å². The number of nitrogens with zero attached hydrogens (tertiary/aromatic N) is 3. The number of amides is 1. The van der Waals surface area contributed by atoms with Gasteiger partial charge < -0.3 is 5.32 Å². The lowest BCUT2D eigenvalue weighted by Crippen LogP contribution is -2.42. The third kappa shape index (κ3) is 4.95. The van der Waals surface area contributed by atoms with Crippen LogP contribution in [-0.4, -0.2) is 45.9 Å². The van der Waals surface area contributed by atoms with Gasteiger partial charge in [-0.1, -0.05) is 0 Å². The number of hydrogen-bond acceptors (Lipinski definition) is 4. The predicted octanol–water partition coefficient (Wildman–Crippen LogP) is 1.63. The Morgan fingerprint density at radius 1 is 1.21 bits per heavy atom. The number of hydrogen-bond donors (Lipinski definition) is 1. The molecule has 1 N–H and O–H groups in total. The second-order valence-corrected chi connectivity index (χ2v) is 5.22. The third-order valence-corrected chi connectivity index (χ3v) is 3.00. The predicted molar refractivity (Wildman–Crippen MR) is 76.1 cm³/mol. The quantitative estimate of drug-likeness (QED) is 0.848. The molecule has 0 saturated heterocycles. The molecule has 19 heavy (non-hydrogen) atoms. The average molecular weight is 264 g/mol. The van der Waals surface area contributed by atoms with Crippen LogP contribution in [0.2, 0.25) is 0 Å². The lowest BCUT2D eigenvalue weighted by atomic mass is 10.2. The van der Waals surface area contributed by atoms with Crippen molar-refractivity contribution in [2.45, 2.75) is 46.7 Å². The monoisotopic (exact) mass is 264 g/mol. The van der Waals surface area contributed by atoms with Crippen molar-refractivity contribution in [3.05, 3.63) is 23.8 Å². The first-order valence-electron chi connectivity index (χ1n) is 6.74. The van der Waals surface area contributed by atoms with Crippen LogP contribution in [0.15, 0.2) is 12.4 Å². The summed E-state index contributed by atoms with van der Waals surface area (Å²) in [6.07, 6.45) is 3.11. The van der Waals surface area contributed by atoms with Crippen LogP contribution in [0.5, 0.6) is 0 Å². The SMILES string of the molecule is Cc1cnc(C(=O)NCCN(C(C)C)C(C)C)cn1. The van der Waals surface area contributed by atoms with Gasteiger partial charge >= 0.3 is 0 Å². The van der Waals surface area contributed by atoms with E-state index < -0.39 is 0 Å². The fourth-order valence-corrected chi connectivity index (χ4v) is 2.01. The molecule has 0 bridgehead atoms. The first kappa shape index (κ1) is 15.6. The molecule has 0 fully saturated rings. The van der Waals surface area contributed by atoms with Gasteiger partial charge in [0, 0.05) is 31.4 Å². The van der Waals surface area contributed by atoms with Gasteiger partial charge in [0.25, 0.3) is 5.91 Å². The van der Waals surface area contributed by atoms with Crippen molar-refractivity contribution in [3.8, 4) is 0 Å². The van der Waals surface area contributed by atoms with Crippen LogP contribution in [0.25, 0.3) is 0 Å². The zero-order valence-electron chi connectivity index (χ0n) is 12.5. The number of nitrogens with one attached hydrogen (secondary N) is 1. The Kier molecular flexibility index (Phi) is 5.89. The molecule has 5 heteroatoms. The van der Waals surface area contributed by atoms with E-state index in [1.807, 2.05) is 6.92 Å². The molecular formula is C14H24N4O. The van der Waals surface area contributed by atoms with Crippen LogP contribution >= 0.6 is 0 Å². The van der Waals surface area contributed by atoms with Crippen molar-refractivity contribution >= 4 is 5.91 Å². The van der Waals surface area contributed by atoms with Gasteiger partial charge in [-0.2, -0.15) is 0 Å². The minimum absolute atomic E-state index is 0.167. The fourth-order valence-electron chi connectivity index (χ4n) is 2.01. The highest BCUT2D eigenvalue weighted by molar-refractivity contribution is 5.91. The van der Waals surface area contributed by atoms with Crippen molar-refractivity contribution in [2.24, 2.45) is 0 Å². The number of aromatic nitrogens is 2. The van der Waals surface area contributed by atoms with Gasteiger partial charge in [0.05, 0.1) is 11.9 Å². The van der Waals surface area contributed by atoms with Crippen LogP contribution in [0.4, 0.5) is 0 Å². The molecule has 5 nitrogen and oxygen atoms in total. The highest BCUT2D eigenvalue weighted by Gasteiger charge is 2.13. The van der Waals surface area contributed by atoms with Crippen molar-refractivity contribution in [3.63, 3.8) is 0 Å². The second kappa shape index (κ2) is 7.19. The fraction of sp³-hybridized carbons (Fsp3) is 0.643. The minimum Gasteiger partial charge on any atom is -0.349 e. The average Bonchev–Trinajstić information content (AvgIpc) is 2.34. The Hall–Kier alpha value is -1.49. The summed E-state index contributed by atoms with van der Waals surface area (Å²) >= 11 is 0. The van der Waals surface area contributed by atoms with Gasteiger partial charge in [0.15, 0.2) is 0 Å². The highest BCUT2D eigenvalue weighted by atomic mass is 16.1. The number of aryl methyl sites for hydroxylation is 1. The number of rotatable bonds is 6. The molecule has 0 aliphatic heterocycles. The van der Waals surface area contributed by atoms with Gasteiger partial charge in [-0.3, -0.25) is 14.7 Å². The van der Waals surface area contributed by atoms with Crippen LogP contribution in [0, 0.1) is 6.92 Å². The summed E-state index contributed by atoms with van der Waals surface area (Å²) in [5.41, 5.74) is 1.17. The Balaban J connectivity index is 2.44. The molecule has 0 radical (unpaired) electrons. The lowest BCUT2D eigenvalue weighted by Gasteiger charge is -2.30. The van der Waals surface area contributed by atoms with E-state index in [1.165, 1.54) is 6.20 Å². The summed E-state index contributed by atoms with van der Waals surface area (Å²) in [7, 11) is 0. The maximum atomic E-state index is 11.8. The molecule has 0 aromatic carbocycles. The molecule has 0 unspecified atom stereocenters. The third-order valence-electron chi connectivity index (χ3n) is 3.00. The second-order valence-electron chi connectivity index (χ2n) is 5.22. The molecule has 1 heterocycles. The first-order chi connectivity index (χ1) is 8.91. The Bertz CT molecular complexity index is 392. The molecule has 1 rings (SSSR count). The van der Waals surface area contributed by atoms with E-state index in [4.69, 9.17) is 0 Å². The van der Waals surface area contributed by atoms with Crippen molar-refractivity contribution < 1.29 is 4.79 Å². The summed E-state index contributed by atoms with van der Waals surface area (Å²) in [4.78, 5) is 22.3. The van der Waals surface area contributed by atoms with E-state index in [9.17, 15) is 4.79 Å². The number of carbonyl (C=O) groups excluding carboxylic acids is 1. The molecule has 0 aliphatic rings. The summed E-state index contributed by atoms with van der Waals surface area (Å²) in [5.74, 6) is -0.167. The Morgan fingerprint density at radius 3 is 2.32 bits per heavy atom. The van der Waals surface area contributed by atoms with Crippen LogP contribution in [-0.2, 0) is 0 Å². The van der Waals surface area contributed by atoms with Crippen LogP contribution < -0.4 is 5.32 Å². The van der Waals surface area contributed by atoms with Gasteiger partial charge in [-0.15, -0.1) is 0 Å². The van der Waals surface area contributed by atoms with E-state index in [0.717, 1.165) is 12.2 Å². The number of carbonyl (C=O) groups is 1. The zero-order valence-corrected chi connectivity index (χ0v) is 12.5. The maximum absolute atomic E-state index is 11.8.